The number of benzene rings is 2. The summed E-state index contributed by atoms with van der Waals surface area (Å²) >= 11 is 0. The molecule has 0 amide bonds. The first kappa shape index (κ1) is 11.8. The molecule has 3 rings (SSSR count). The van der Waals surface area contributed by atoms with E-state index in [9.17, 15) is 4.79 Å². The molecule has 19 heavy (non-hydrogen) atoms. The minimum absolute atomic E-state index is 0.262. The van der Waals surface area contributed by atoms with Crippen LogP contribution in [0.2, 0.25) is 0 Å². The van der Waals surface area contributed by atoms with E-state index >= 15 is 0 Å². The van der Waals surface area contributed by atoms with Gasteiger partial charge in [-0.15, -0.1) is 0 Å². The molecule has 0 saturated heterocycles. The van der Waals surface area contributed by atoms with Gasteiger partial charge in [0.1, 0.15) is 0 Å². The van der Waals surface area contributed by atoms with Crippen molar-refractivity contribution >= 4 is 27.6 Å². The maximum atomic E-state index is 12.0. The van der Waals surface area contributed by atoms with Gasteiger partial charge in [0.25, 0.3) is 0 Å². The number of aryl methyl sites for hydroxylation is 1. The second-order valence-electron chi connectivity index (χ2n) is 4.55. The van der Waals surface area contributed by atoms with E-state index in [1.54, 1.807) is 0 Å². The van der Waals surface area contributed by atoms with Crippen LogP contribution in [0.3, 0.4) is 0 Å². The molecule has 0 fully saturated rings. The van der Waals surface area contributed by atoms with Gasteiger partial charge in [0, 0.05) is 16.5 Å². The minimum Gasteiger partial charge on any atom is -0.462 e. The third-order valence-electron chi connectivity index (χ3n) is 3.37. The van der Waals surface area contributed by atoms with Crippen molar-refractivity contribution in [2.45, 2.75) is 13.8 Å². The highest BCUT2D eigenvalue weighted by atomic mass is 16.5. The number of esters is 1. The largest absolute Gasteiger partial charge is 0.462 e. The van der Waals surface area contributed by atoms with E-state index in [4.69, 9.17) is 4.74 Å². The fraction of sp³-hybridized carbons (Fsp3) is 0.188. The van der Waals surface area contributed by atoms with Crippen molar-refractivity contribution in [2.75, 3.05) is 6.61 Å². The van der Waals surface area contributed by atoms with Crippen LogP contribution in [0.4, 0.5) is 0 Å². The van der Waals surface area contributed by atoms with Crippen LogP contribution in [0, 0.1) is 6.92 Å². The molecular weight excluding hydrogens is 238 g/mol. The van der Waals surface area contributed by atoms with Crippen molar-refractivity contribution < 1.29 is 9.53 Å². The average molecular weight is 253 g/mol. The highest BCUT2D eigenvalue weighted by molar-refractivity contribution is 6.14. The Morgan fingerprint density at radius 3 is 2.74 bits per heavy atom. The molecule has 1 N–H and O–H groups in total. The van der Waals surface area contributed by atoms with E-state index in [0.29, 0.717) is 12.2 Å². The zero-order valence-electron chi connectivity index (χ0n) is 11.0. The number of H-pyrrole nitrogens is 1. The molecule has 0 atom stereocenters. The van der Waals surface area contributed by atoms with Crippen molar-refractivity contribution in [3.8, 4) is 0 Å². The number of carbonyl (C=O) groups excluding carboxylic acids is 1. The molecule has 0 radical (unpaired) electrons. The molecule has 3 nitrogen and oxygen atoms in total. The van der Waals surface area contributed by atoms with Gasteiger partial charge in [0.05, 0.1) is 17.7 Å². The third kappa shape index (κ3) is 1.78. The summed E-state index contributed by atoms with van der Waals surface area (Å²) in [6.45, 7) is 4.11. The fourth-order valence-electron chi connectivity index (χ4n) is 2.53. The number of fused-ring (bicyclic) bond motifs is 3. The molecule has 0 aliphatic carbocycles. The first-order chi connectivity index (χ1) is 9.22. The molecule has 96 valence electrons. The lowest BCUT2D eigenvalue weighted by atomic mass is 10.1. The average Bonchev–Trinajstić information content (AvgIpc) is 2.75. The van der Waals surface area contributed by atoms with Gasteiger partial charge in [-0.2, -0.15) is 0 Å². The predicted octanol–water partition coefficient (Wildman–Crippen LogP) is 3.81. The maximum absolute atomic E-state index is 12.0. The Kier molecular flexibility index (Phi) is 2.75. The standard InChI is InChI=1S/C16H15NO2/c1-3-19-16(18)14-10(2)17-15-12-7-5-4-6-11(12)8-9-13(14)15/h4-9,17H,3H2,1-2H3. The van der Waals surface area contributed by atoms with Gasteiger partial charge in [-0.05, 0) is 19.2 Å². The second kappa shape index (κ2) is 4.43. The first-order valence-corrected chi connectivity index (χ1v) is 6.39. The Morgan fingerprint density at radius 1 is 1.16 bits per heavy atom. The van der Waals surface area contributed by atoms with E-state index in [2.05, 4.69) is 17.1 Å². The Balaban J connectivity index is 2.33. The summed E-state index contributed by atoms with van der Waals surface area (Å²) in [5.41, 5.74) is 2.49. The van der Waals surface area contributed by atoms with Crippen LogP contribution in [0.1, 0.15) is 23.0 Å². The molecule has 0 aliphatic rings. The van der Waals surface area contributed by atoms with Gasteiger partial charge in [0.15, 0.2) is 0 Å². The van der Waals surface area contributed by atoms with E-state index in [1.165, 1.54) is 0 Å². The fourth-order valence-corrected chi connectivity index (χ4v) is 2.53. The van der Waals surface area contributed by atoms with E-state index in [1.807, 2.05) is 38.1 Å². The summed E-state index contributed by atoms with van der Waals surface area (Å²) in [7, 11) is 0. The van der Waals surface area contributed by atoms with Crippen LogP contribution in [0.15, 0.2) is 36.4 Å². The monoisotopic (exact) mass is 253 g/mol. The lowest BCUT2D eigenvalue weighted by molar-refractivity contribution is 0.0528. The molecular formula is C16H15NO2. The summed E-state index contributed by atoms with van der Waals surface area (Å²) in [5.74, 6) is -0.262. The zero-order chi connectivity index (χ0) is 13.4. The summed E-state index contributed by atoms with van der Waals surface area (Å²) in [5, 5.41) is 3.21. The molecule has 0 spiro atoms. The van der Waals surface area contributed by atoms with Crippen LogP contribution in [-0.2, 0) is 4.74 Å². The lowest BCUT2D eigenvalue weighted by Crippen LogP contribution is -2.05. The number of hydrogen-bond donors (Lipinski definition) is 1. The van der Waals surface area contributed by atoms with Gasteiger partial charge in [0.2, 0.25) is 0 Å². The predicted molar refractivity (Wildman–Crippen MR) is 76.5 cm³/mol. The zero-order valence-corrected chi connectivity index (χ0v) is 11.0. The molecule has 0 bridgehead atoms. The summed E-state index contributed by atoms with van der Waals surface area (Å²) in [6, 6.07) is 12.1. The maximum Gasteiger partial charge on any atom is 0.340 e. The van der Waals surface area contributed by atoms with Gasteiger partial charge in [-0.1, -0.05) is 36.4 Å². The van der Waals surface area contributed by atoms with Gasteiger partial charge in [-0.25, -0.2) is 4.79 Å². The van der Waals surface area contributed by atoms with Gasteiger partial charge >= 0.3 is 5.97 Å². The van der Waals surface area contributed by atoms with Crippen LogP contribution >= 0.6 is 0 Å². The van der Waals surface area contributed by atoms with Crippen molar-refractivity contribution in [1.82, 2.24) is 4.98 Å². The Hall–Kier alpha value is -2.29. The second-order valence-corrected chi connectivity index (χ2v) is 4.55. The summed E-state index contributed by atoms with van der Waals surface area (Å²) < 4.78 is 5.13. The number of nitrogens with one attached hydrogen (secondary N) is 1. The van der Waals surface area contributed by atoms with Crippen molar-refractivity contribution in [3.63, 3.8) is 0 Å². The number of hydrogen-bond acceptors (Lipinski definition) is 2. The van der Waals surface area contributed by atoms with Crippen molar-refractivity contribution in [2.24, 2.45) is 0 Å². The highest BCUT2D eigenvalue weighted by Gasteiger charge is 2.17. The SMILES string of the molecule is CCOC(=O)c1c(C)[nH]c2c1ccc1ccccc12. The topological polar surface area (TPSA) is 42.1 Å². The third-order valence-corrected chi connectivity index (χ3v) is 3.37. The number of aromatic amines is 1. The molecule has 0 saturated carbocycles. The van der Waals surface area contributed by atoms with Crippen LogP contribution < -0.4 is 0 Å². The Morgan fingerprint density at radius 2 is 1.95 bits per heavy atom. The summed E-state index contributed by atoms with van der Waals surface area (Å²) in [6.07, 6.45) is 0. The number of carbonyl (C=O) groups is 1. The molecule has 3 heteroatoms. The van der Waals surface area contributed by atoms with E-state index in [-0.39, 0.29) is 5.97 Å². The van der Waals surface area contributed by atoms with Gasteiger partial charge in [-0.3, -0.25) is 0 Å². The van der Waals surface area contributed by atoms with Crippen LogP contribution in [-0.4, -0.2) is 17.6 Å². The van der Waals surface area contributed by atoms with E-state index in [0.717, 1.165) is 27.4 Å². The molecule has 0 unspecified atom stereocenters. The normalized spacial score (nSPS) is 11.1. The lowest BCUT2D eigenvalue weighted by Gasteiger charge is -2.02. The molecule has 1 heterocycles. The number of aromatic nitrogens is 1. The smallest absolute Gasteiger partial charge is 0.340 e. The van der Waals surface area contributed by atoms with Gasteiger partial charge < -0.3 is 9.72 Å². The quantitative estimate of drug-likeness (QED) is 0.706. The number of rotatable bonds is 2. The first-order valence-electron chi connectivity index (χ1n) is 6.39. The Bertz CT molecular complexity index is 771. The summed E-state index contributed by atoms with van der Waals surface area (Å²) in [4.78, 5) is 15.3. The van der Waals surface area contributed by atoms with Crippen molar-refractivity contribution in [1.29, 1.82) is 0 Å². The highest BCUT2D eigenvalue weighted by Crippen LogP contribution is 2.29. The minimum atomic E-state index is -0.262. The molecule has 2 aromatic carbocycles. The van der Waals surface area contributed by atoms with Crippen LogP contribution in [0.5, 0.6) is 0 Å². The Labute approximate surface area is 111 Å². The molecule has 1 aromatic heterocycles. The van der Waals surface area contributed by atoms with Crippen LogP contribution in [0.25, 0.3) is 21.7 Å². The molecule has 0 aliphatic heterocycles. The number of ether oxygens (including phenoxy) is 1. The van der Waals surface area contributed by atoms with Crippen molar-refractivity contribution in [3.05, 3.63) is 47.7 Å². The van der Waals surface area contributed by atoms with E-state index < -0.39 is 0 Å². The molecule has 3 aromatic rings.